The van der Waals surface area contributed by atoms with Gasteiger partial charge in [0, 0.05) is 48.0 Å². The standard InChI is InChI=1S/C30H29N3O3/c1-2-3-19-32-26-17-11-10-16-24(26)30(29(32)36,33-20-18-28(35)31-33)25(22-12-6-4-7-13-22)21-27(34)23-14-8-5-9-15-23/h4-18,20,25H,2-3,19,21H2,1H3,(H,31,35)/t25-,30+/m0/s1. The van der Waals surface area contributed by atoms with E-state index in [1.807, 2.05) is 77.7 Å². The Morgan fingerprint density at radius 2 is 1.56 bits per heavy atom. The number of aromatic nitrogens is 2. The number of aromatic amines is 1. The number of ketones is 1. The number of H-pyrrole nitrogens is 1. The van der Waals surface area contributed by atoms with Crippen molar-refractivity contribution in [2.75, 3.05) is 11.4 Å². The summed E-state index contributed by atoms with van der Waals surface area (Å²) in [7, 11) is 0. The van der Waals surface area contributed by atoms with Crippen molar-refractivity contribution in [3.05, 3.63) is 124 Å². The van der Waals surface area contributed by atoms with Crippen LogP contribution >= 0.6 is 0 Å². The number of Topliss-reactive ketones (excluding diaryl/α,β-unsaturated/α-hetero) is 1. The first-order valence-corrected chi connectivity index (χ1v) is 12.4. The van der Waals surface area contributed by atoms with E-state index in [0.29, 0.717) is 12.1 Å². The summed E-state index contributed by atoms with van der Waals surface area (Å²) in [6.45, 7) is 2.65. The van der Waals surface area contributed by atoms with E-state index in [-0.39, 0.29) is 23.7 Å². The molecular formula is C30H29N3O3. The Balaban J connectivity index is 1.76. The van der Waals surface area contributed by atoms with Gasteiger partial charge in [0.15, 0.2) is 11.3 Å². The lowest BCUT2D eigenvalue weighted by atomic mass is 9.72. The first-order chi connectivity index (χ1) is 17.6. The predicted molar refractivity (Wildman–Crippen MR) is 140 cm³/mol. The molecule has 0 fully saturated rings. The molecule has 0 saturated carbocycles. The van der Waals surface area contributed by atoms with Gasteiger partial charge >= 0.3 is 0 Å². The van der Waals surface area contributed by atoms with Crippen molar-refractivity contribution >= 4 is 17.4 Å². The molecule has 2 heterocycles. The van der Waals surface area contributed by atoms with Crippen LogP contribution in [0.2, 0.25) is 0 Å². The number of nitrogens with one attached hydrogen (secondary N) is 1. The Bertz CT molecular complexity index is 1420. The molecule has 36 heavy (non-hydrogen) atoms. The number of para-hydroxylation sites is 1. The molecule has 6 heteroatoms. The van der Waals surface area contributed by atoms with Crippen molar-refractivity contribution in [1.82, 2.24) is 9.78 Å². The molecule has 4 aromatic rings. The van der Waals surface area contributed by atoms with Crippen LogP contribution in [0.3, 0.4) is 0 Å². The molecular weight excluding hydrogens is 450 g/mol. The Kier molecular flexibility index (Phi) is 6.42. The van der Waals surface area contributed by atoms with E-state index in [1.54, 1.807) is 23.0 Å². The lowest BCUT2D eigenvalue weighted by Crippen LogP contribution is -2.51. The highest BCUT2D eigenvalue weighted by atomic mass is 16.2. The van der Waals surface area contributed by atoms with Gasteiger partial charge in [0.1, 0.15) is 0 Å². The monoisotopic (exact) mass is 479 g/mol. The van der Waals surface area contributed by atoms with Crippen LogP contribution in [0, 0.1) is 0 Å². The van der Waals surface area contributed by atoms with Gasteiger partial charge in [0.2, 0.25) is 0 Å². The molecule has 1 aliphatic rings. The fourth-order valence-electron chi connectivity index (χ4n) is 5.40. The summed E-state index contributed by atoms with van der Waals surface area (Å²) >= 11 is 0. The quantitative estimate of drug-likeness (QED) is 0.339. The van der Waals surface area contributed by atoms with Gasteiger partial charge in [-0.2, -0.15) is 0 Å². The van der Waals surface area contributed by atoms with Gasteiger partial charge < -0.3 is 4.90 Å². The Morgan fingerprint density at radius 1 is 0.889 bits per heavy atom. The van der Waals surface area contributed by atoms with Crippen LogP contribution in [0.1, 0.15) is 53.6 Å². The van der Waals surface area contributed by atoms with Crippen LogP contribution in [-0.2, 0) is 10.3 Å². The molecule has 0 bridgehead atoms. The van der Waals surface area contributed by atoms with Crippen LogP contribution in [-0.4, -0.2) is 28.0 Å². The third-order valence-electron chi connectivity index (χ3n) is 7.09. The summed E-state index contributed by atoms with van der Waals surface area (Å²) < 4.78 is 1.62. The molecule has 0 radical (unpaired) electrons. The van der Waals surface area contributed by atoms with Crippen molar-refractivity contribution in [2.45, 2.75) is 37.6 Å². The molecule has 1 aliphatic heterocycles. The topological polar surface area (TPSA) is 75.2 Å². The molecule has 1 N–H and O–H groups in total. The number of carbonyl (C=O) groups excluding carboxylic acids is 2. The van der Waals surface area contributed by atoms with Crippen LogP contribution in [0.4, 0.5) is 5.69 Å². The fraction of sp³-hybridized carbons (Fsp3) is 0.233. The van der Waals surface area contributed by atoms with Crippen LogP contribution in [0.15, 0.2) is 102 Å². The average Bonchev–Trinajstić information content (AvgIpc) is 3.46. The number of amides is 1. The minimum Gasteiger partial charge on any atom is -0.310 e. The predicted octanol–water partition coefficient (Wildman–Crippen LogP) is 5.12. The van der Waals surface area contributed by atoms with Crippen LogP contribution < -0.4 is 10.5 Å². The third-order valence-corrected chi connectivity index (χ3v) is 7.09. The van der Waals surface area contributed by atoms with E-state index in [1.165, 1.54) is 6.07 Å². The van der Waals surface area contributed by atoms with E-state index < -0.39 is 11.5 Å². The van der Waals surface area contributed by atoms with Gasteiger partial charge in [-0.3, -0.25) is 24.2 Å². The Morgan fingerprint density at radius 3 is 2.22 bits per heavy atom. The largest absolute Gasteiger partial charge is 0.310 e. The fourth-order valence-corrected chi connectivity index (χ4v) is 5.40. The first-order valence-electron chi connectivity index (χ1n) is 12.4. The van der Waals surface area contributed by atoms with Gasteiger partial charge in [-0.25, -0.2) is 0 Å². The number of fused-ring (bicyclic) bond motifs is 1. The van der Waals surface area contributed by atoms with Gasteiger partial charge in [0.05, 0.1) is 0 Å². The van der Waals surface area contributed by atoms with E-state index in [0.717, 1.165) is 29.7 Å². The molecule has 5 rings (SSSR count). The highest BCUT2D eigenvalue weighted by Gasteiger charge is 2.58. The van der Waals surface area contributed by atoms with Crippen molar-refractivity contribution < 1.29 is 9.59 Å². The maximum absolute atomic E-state index is 14.6. The van der Waals surface area contributed by atoms with E-state index in [9.17, 15) is 14.4 Å². The third kappa shape index (κ3) is 3.88. The highest BCUT2D eigenvalue weighted by molar-refractivity contribution is 6.09. The molecule has 0 unspecified atom stereocenters. The highest BCUT2D eigenvalue weighted by Crippen LogP contribution is 2.52. The average molecular weight is 480 g/mol. The number of rotatable bonds is 9. The van der Waals surface area contributed by atoms with Gasteiger partial charge in [-0.15, -0.1) is 0 Å². The van der Waals surface area contributed by atoms with Crippen molar-refractivity contribution in [3.63, 3.8) is 0 Å². The summed E-state index contributed by atoms with van der Waals surface area (Å²) in [5.41, 5.74) is 1.44. The van der Waals surface area contributed by atoms with E-state index in [4.69, 9.17) is 0 Å². The number of anilines is 1. The maximum Gasteiger partial charge on any atom is 0.264 e. The summed E-state index contributed by atoms with van der Waals surface area (Å²) in [6.07, 6.45) is 3.50. The number of unbranched alkanes of at least 4 members (excludes halogenated alkanes) is 1. The van der Waals surface area contributed by atoms with Crippen molar-refractivity contribution in [2.24, 2.45) is 0 Å². The first kappa shape index (κ1) is 23.5. The zero-order chi connectivity index (χ0) is 25.1. The van der Waals surface area contributed by atoms with Crippen molar-refractivity contribution in [1.29, 1.82) is 0 Å². The number of benzene rings is 3. The lowest BCUT2D eigenvalue weighted by Gasteiger charge is -2.38. The van der Waals surface area contributed by atoms with Gasteiger partial charge in [-0.05, 0) is 18.1 Å². The molecule has 0 saturated heterocycles. The van der Waals surface area contributed by atoms with Crippen LogP contribution in [0.25, 0.3) is 0 Å². The number of hydrogen-bond acceptors (Lipinski definition) is 3. The van der Waals surface area contributed by atoms with E-state index >= 15 is 0 Å². The Labute approximate surface area is 210 Å². The molecule has 182 valence electrons. The smallest absolute Gasteiger partial charge is 0.264 e. The van der Waals surface area contributed by atoms with E-state index in [2.05, 4.69) is 12.0 Å². The second kappa shape index (κ2) is 9.82. The molecule has 1 amide bonds. The Hall–Kier alpha value is -4.19. The van der Waals surface area contributed by atoms with Gasteiger partial charge in [-0.1, -0.05) is 92.2 Å². The normalized spacial score (nSPS) is 17.7. The lowest BCUT2D eigenvalue weighted by molar-refractivity contribution is -0.125. The minimum atomic E-state index is -1.32. The van der Waals surface area contributed by atoms with Gasteiger partial charge in [0.25, 0.3) is 11.5 Å². The second-order valence-electron chi connectivity index (χ2n) is 9.21. The number of nitrogens with zero attached hydrogens (tertiary/aromatic N) is 2. The van der Waals surface area contributed by atoms with Crippen LogP contribution in [0.5, 0.6) is 0 Å². The maximum atomic E-state index is 14.6. The zero-order valence-electron chi connectivity index (χ0n) is 20.3. The molecule has 3 aromatic carbocycles. The SMILES string of the molecule is CCCCN1C(=O)[C@@]([C@@H](CC(=O)c2ccccc2)c2ccccc2)(n2ccc(=O)[nH]2)c2ccccc21. The minimum absolute atomic E-state index is 0.0596. The molecule has 0 aliphatic carbocycles. The number of carbonyl (C=O) groups is 2. The summed E-state index contributed by atoms with van der Waals surface area (Å²) in [4.78, 5) is 42.5. The zero-order valence-corrected chi connectivity index (χ0v) is 20.3. The second-order valence-corrected chi connectivity index (χ2v) is 9.21. The molecule has 6 nitrogen and oxygen atoms in total. The molecule has 1 aromatic heterocycles. The van der Waals surface area contributed by atoms with Crippen molar-refractivity contribution in [3.8, 4) is 0 Å². The summed E-state index contributed by atoms with van der Waals surface area (Å²) in [5.74, 6) is -0.760. The molecule has 0 spiro atoms. The summed E-state index contributed by atoms with van der Waals surface area (Å²) in [5, 5.41) is 2.87. The summed E-state index contributed by atoms with van der Waals surface area (Å²) in [6, 6.07) is 28.0. The number of hydrogen-bond donors (Lipinski definition) is 1. The molecule has 2 atom stereocenters.